The van der Waals surface area contributed by atoms with Gasteiger partial charge in [-0.15, -0.1) is 0 Å². The van der Waals surface area contributed by atoms with E-state index in [9.17, 15) is 4.79 Å². The Bertz CT molecular complexity index is 733. The smallest absolute Gasteiger partial charge is 0.251 e. The molecule has 2 aromatic heterocycles. The topological polar surface area (TPSA) is 97.5 Å². The van der Waals surface area contributed by atoms with Gasteiger partial charge >= 0.3 is 0 Å². The molecule has 0 aromatic carbocycles. The number of rotatable bonds is 2. The molecule has 7 heteroatoms. The van der Waals surface area contributed by atoms with E-state index < -0.39 is 0 Å². The maximum absolute atomic E-state index is 11.5. The van der Waals surface area contributed by atoms with Gasteiger partial charge in [0.25, 0.3) is 5.56 Å². The molecule has 2 heterocycles. The summed E-state index contributed by atoms with van der Waals surface area (Å²) >= 11 is 1.29. The summed E-state index contributed by atoms with van der Waals surface area (Å²) in [6.07, 6.45) is 0. The predicted octanol–water partition coefficient (Wildman–Crippen LogP) is 2.21. The van der Waals surface area contributed by atoms with Crippen molar-refractivity contribution in [1.82, 2.24) is 19.9 Å². The molecule has 112 valence electrons. The maximum Gasteiger partial charge on any atom is 0.251 e. The lowest BCUT2D eigenvalue weighted by Crippen LogP contribution is -2.18. The van der Waals surface area contributed by atoms with Crippen molar-refractivity contribution in [3.8, 4) is 0 Å². The molecule has 0 saturated heterocycles. The molecule has 0 fully saturated rings. The Labute approximate surface area is 127 Å². The molecular formula is C14H19N5OS. The van der Waals surface area contributed by atoms with Gasteiger partial charge in [-0.1, -0.05) is 20.8 Å². The van der Waals surface area contributed by atoms with E-state index in [1.54, 1.807) is 6.92 Å². The standard InChI is InChI=1S/C14H19N5OS/c1-7-6-9(20)17-13(16-7)21-11-8(2)10(15)18-12(19-11)14(3,4)5/h6H,1-5H3,(H2,15,18,19)(H,16,17,20). The predicted molar refractivity (Wildman–Crippen MR) is 83.6 cm³/mol. The average Bonchev–Trinajstić information content (AvgIpc) is 2.32. The fourth-order valence-electron chi connectivity index (χ4n) is 1.64. The Balaban J connectivity index is 2.48. The molecular weight excluding hydrogens is 286 g/mol. The Kier molecular flexibility index (Phi) is 4.04. The van der Waals surface area contributed by atoms with Crippen LogP contribution in [0.4, 0.5) is 5.82 Å². The van der Waals surface area contributed by atoms with Crippen molar-refractivity contribution in [3.05, 3.63) is 33.5 Å². The average molecular weight is 305 g/mol. The Hall–Kier alpha value is -1.89. The SMILES string of the molecule is Cc1cc(=O)[nH]c(Sc2nc(C(C)(C)C)nc(N)c2C)n1. The lowest BCUT2D eigenvalue weighted by Gasteiger charge is -2.18. The van der Waals surface area contributed by atoms with E-state index in [2.05, 4.69) is 19.9 Å². The first kappa shape index (κ1) is 15.5. The van der Waals surface area contributed by atoms with Gasteiger partial charge in [0, 0.05) is 22.7 Å². The van der Waals surface area contributed by atoms with Crippen LogP contribution in [0.1, 0.15) is 37.9 Å². The van der Waals surface area contributed by atoms with Gasteiger partial charge in [-0.2, -0.15) is 0 Å². The summed E-state index contributed by atoms with van der Waals surface area (Å²) < 4.78 is 0. The summed E-state index contributed by atoms with van der Waals surface area (Å²) in [6, 6.07) is 1.45. The van der Waals surface area contributed by atoms with Crippen LogP contribution in [0.3, 0.4) is 0 Å². The largest absolute Gasteiger partial charge is 0.383 e. The summed E-state index contributed by atoms with van der Waals surface area (Å²) in [5.74, 6) is 1.12. The van der Waals surface area contributed by atoms with Crippen molar-refractivity contribution in [2.45, 2.75) is 50.2 Å². The molecule has 0 saturated carbocycles. The highest BCUT2D eigenvalue weighted by molar-refractivity contribution is 7.99. The second-order valence-electron chi connectivity index (χ2n) is 5.91. The van der Waals surface area contributed by atoms with Crippen LogP contribution in [-0.4, -0.2) is 19.9 Å². The first-order chi connectivity index (χ1) is 9.66. The molecule has 3 N–H and O–H groups in total. The van der Waals surface area contributed by atoms with Gasteiger partial charge in [0.15, 0.2) is 5.16 Å². The number of anilines is 1. The van der Waals surface area contributed by atoms with Crippen molar-refractivity contribution < 1.29 is 0 Å². The molecule has 0 amide bonds. The van der Waals surface area contributed by atoms with Gasteiger partial charge in [-0.05, 0) is 25.6 Å². The normalized spacial score (nSPS) is 11.7. The number of nitrogens with one attached hydrogen (secondary N) is 1. The molecule has 0 radical (unpaired) electrons. The molecule has 0 atom stereocenters. The minimum absolute atomic E-state index is 0.180. The van der Waals surface area contributed by atoms with E-state index in [0.717, 1.165) is 5.56 Å². The van der Waals surface area contributed by atoms with E-state index >= 15 is 0 Å². The van der Waals surface area contributed by atoms with Crippen molar-refractivity contribution in [2.75, 3.05) is 5.73 Å². The number of aromatic nitrogens is 4. The molecule has 2 rings (SSSR count). The number of hydrogen-bond acceptors (Lipinski definition) is 6. The van der Waals surface area contributed by atoms with Gasteiger partial charge < -0.3 is 10.7 Å². The lowest BCUT2D eigenvalue weighted by atomic mass is 9.95. The molecule has 0 aliphatic rings. The molecule has 0 spiro atoms. The van der Waals surface area contributed by atoms with Crippen molar-refractivity contribution in [1.29, 1.82) is 0 Å². The Morgan fingerprint density at radius 3 is 2.43 bits per heavy atom. The van der Waals surface area contributed by atoms with E-state index in [1.807, 2.05) is 27.7 Å². The van der Waals surface area contributed by atoms with Crippen LogP contribution >= 0.6 is 11.8 Å². The highest BCUT2D eigenvalue weighted by atomic mass is 32.2. The second kappa shape index (κ2) is 5.48. The number of aryl methyl sites for hydroxylation is 1. The molecule has 0 unspecified atom stereocenters. The molecule has 21 heavy (non-hydrogen) atoms. The third kappa shape index (κ3) is 3.60. The molecule has 2 aromatic rings. The number of aromatic amines is 1. The minimum Gasteiger partial charge on any atom is -0.383 e. The molecule has 6 nitrogen and oxygen atoms in total. The third-order valence-corrected chi connectivity index (χ3v) is 3.83. The van der Waals surface area contributed by atoms with E-state index in [-0.39, 0.29) is 11.0 Å². The van der Waals surface area contributed by atoms with Crippen LogP contribution in [0.5, 0.6) is 0 Å². The van der Waals surface area contributed by atoms with E-state index in [1.165, 1.54) is 17.8 Å². The van der Waals surface area contributed by atoms with Crippen LogP contribution in [-0.2, 0) is 5.41 Å². The van der Waals surface area contributed by atoms with Crippen molar-refractivity contribution in [3.63, 3.8) is 0 Å². The molecule has 0 aliphatic heterocycles. The first-order valence-electron chi connectivity index (χ1n) is 6.57. The fraction of sp³-hybridized carbons (Fsp3) is 0.429. The number of nitrogens with zero attached hydrogens (tertiary/aromatic N) is 3. The van der Waals surface area contributed by atoms with E-state index in [4.69, 9.17) is 5.73 Å². The summed E-state index contributed by atoms with van der Waals surface area (Å²) in [7, 11) is 0. The van der Waals surface area contributed by atoms with Gasteiger partial charge in [0.1, 0.15) is 16.7 Å². The van der Waals surface area contributed by atoms with Crippen molar-refractivity contribution in [2.24, 2.45) is 0 Å². The summed E-state index contributed by atoms with van der Waals surface area (Å²) in [5, 5.41) is 1.21. The highest BCUT2D eigenvalue weighted by Crippen LogP contribution is 2.30. The number of hydrogen-bond donors (Lipinski definition) is 2. The highest BCUT2D eigenvalue weighted by Gasteiger charge is 2.21. The van der Waals surface area contributed by atoms with E-state index in [0.29, 0.717) is 27.5 Å². The quantitative estimate of drug-likeness (QED) is 0.652. The zero-order chi connectivity index (χ0) is 15.8. The molecule has 0 aliphatic carbocycles. The zero-order valence-electron chi connectivity index (χ0n) is 12.8. The Morgan fingerprint density at radius 2 is 1.86 bits per heavy atom. The van der Waals surface area contributed by atoms with Gasteiger partial charge in [-0.25, -0.2) is 15.0 Å². The zero-order valence-corrected chi connectivity index (χ0v) is 13.6. The number of nitrogen functional groups attached to an aromatic ring is 1. The van der Waals surface area contributed by atoms with Crippen LogP contribution in [0.15, 0.2) is 21.0 Å². The van der Waals surface area contributed by atoms with Crippen LogP contribution in [0.25, 0.3) is 0 Å². The van der Waals surface area contributed by atoms with Crippen LogP contribution in [0, 0.1) is 13.8 Å². The maximum atomic E-state index is 11.5. The minimum atomic E-state index is -0.204. The first-order valence-corrected chi connectivity index (χ1v) is 7.39. The monoisotopic (exact) mass is 305 g/mol. The van der Waals surface area contributed by atoms with Crippen LogP contribution in [0.2, 0.25) is 0 Å². The Morgan fingerprint density at radius 1 is 1.19 bits per heavy atom. The lowest BCUT2D eigenvalue weighted by molar-refractivity contribution is 0.538. The second-order valence-corrected chi connectivity index (χ2v) is 6.88. The fourth-order valence-corrected chi connectivity index (χ4v) is 2.55. The summed E-state index contributed by atoms with van der Waals surface area (Å²) in [5.41, 5.74) is 7.04. The van der Waals surface area contributed by atoms with Gasteiger partial charge in [0.2, 0.25) is 0 Å². The summed E-state index contributed by atoms with van der Waals surface area (Å²) in [6.45, 7) is 9.72. The van der Waals surface area contributed by atoms with Crippen molar-refractivity contribution >= 4 is 17.6 Å². The van der Waals surface area contributed by atoms with Crippen LogP contribution < -0.4 is 11.3 Å². The number of H-pyrrole nitrogens is 1. The van der Waals surface area contributed by atoms with Gasteiger partial charge in [-0.3, -0.25) is 4.79 Å². The molecule has 0 bridgehead atoms. The number of nitrogens with two attached hydrogens (primary N) is 1. The third-order valence-electron chi connectivity index (χ3n) is 2.85. The summed E-state index contributed by atoms with van der Waals surface area (Å²) in [4.78, 5) is 27.4. The van der Waals surface area contributed by atoms with Gasteiger partial charge in [0.05, 0.1) is 0 Å².